The Morgan fingerprint density at radius 1 is 1.28 bits per heavy atom. The fourth-order valence-electron chi connectivity index (χ4n) is 3.17. The molecule has 0 saturated carbocycles. The van der Waals surface area contributed by atoms with E-state index in [0.717, 1.165) is 31.2 Å². The molecule has 124 valence electrons. The van der Waals surface area contributed by atoms with Crippen molar-refractivity contribution in [1.82, 2.24) is 9.97 Å². The zero-order valence-electron chi connectivity index (χ0n) is 13.3. The van der Waals surface area contributed by atoms with Gasteiger partial charge in [0.2, 0.25) is 0 Å². The van der Waals surface area contributed by atoms with Gasteiger partial charge in [0, 0.05) is 4.88 Å². The van der Waals surface area contributed by atoms with Crippen molar-refractivity contribution in [3.8, 4) is 6.07 Å². The molecule has 0 bridgehead atoms. The van der Waals surface area contributed by atoms with Gasteiger partial charge < -0.3 is 4.98 Å². The Labute approximate surface area is 147 Å². The molecular weight excluding hydrogens is 337 g/mol. The van der Waals surface area contributed by atoms with E-state index < -0.39 is 0 Å². The summed E-state index contributed by atoms with van der Waals surface area (Å²) in [4.78, 5) is 21.8. The second kappa shape index (κ2) is 6.26. The number of H-pyrrole nitrogens is 1. The van der Waals surface area contributed by atoms with Crippen LogP contribution in [0.4, 0.5) is 4.39 Å². The lowest BCUT2D eigenvalue weighted by Gasteiger charge is -2.09. The minimum atomic E-state index is -0.340. The highest BCUT2D eigenvalue weighted by Gasteiger charge is 2.20. The standard InChI is InChI=1S/C19H14FN3OS/c20-13-7-5-11(6-8-13)9-12(10-21)17-22-18(24)16-14-3-1-2-4-15(14)25-19(16)23-17/h5-9H,1-4H2,(H,22,23,24)/b12-9+. The molecule has 6 heteroatoms. The molecule has 4 nitrogen and oxygen atoms in total. The van der Waals surface area contributed by atoms with Crippen molar-refractivity contribution in [3.05, 3.63) is 62.3 Å². The van der Waals surface area contributed by atoms with Crippen LogP contribution in [0.1, 0.15) is 34.7 Å². The van der Waals surface area contributed by atoms with Crippen molar-refractivity contribution < 1.29 is 4.39 Å². The van der Waals surface area contributed by atoms with Crippen molar-refractivity contribution in [1.29, 1.82) is 5.26 Å². The molecule has 0 amide bonds. The van der Waals surface area contributed by atoms with E-state index in [2.05, 4.69) is 16.0 Å². The van der Waals surface area contributed by atoms with E-state index in [0.29, 0.717) is 15.8 Å². The van der Waals surface area contributed by atoms with Gasteiger partial charge in [0.25, 0.3) is 5.56 Å². The Bertz CT molecular complexity index is 1090. The molecule has 1 aromatic carbocycles. The number of halogens is 1. The van der Waals surface area contributed by atoms with E-state index >= 15 is 0 Å². The molecule has 1 aliphatic carbocycles. The lowest BCUT2D eigenvalue weighted by molar-refractivity contribution is 0.628. The summed E-state index contributed by atoms with van der Waals surface area (Å²) in [7, 11) is 0. The van der Waals surface area contributed by atoms with Crippen molar-refractivity contribution >= 4 is 33.2 Å². The first-order chi connectivity index (χ1) is 12.2. The Balaban J connectivity index is 1.84. The molecule has 1 N–H and O–H groups in total. The van der Waals surface area contributed by atoms with Crippen LogP contribution in [-0.4, -0.2) is 9.97 Å². The van der Waals surface area contributed by atoms with Crippen molar-refractivity contribution in [2.45, 2.75) is 25.7 Å². The summed E-state index contributed by atoms with van der Waals surface area (Å²) < 4.78 is 13.0. The van der Waals surface area contributed by atoms with Crippen LogP contribution in [-0.2, 0) is 12.8 Å². The van der Waals surface area contributed by atoms with Crippen LogP contribution in [0, 0.1) is 17.1 Å². The van der Waals surface area contributed by atoms with Gasteiger partial charge in [-0.25, -0.2) is 9.37 Å². The Morgan fingerprint density at radius 2 is 2.04 bits per heavy atom. The number of allylic oxidation sites excluding steroid dienone is 1. The number of thiophene rings is 1. The molecule has 2 aromatic heterocycles. The van der Waals surface area contributed by atoms with Gasteiger partial charge in [-0.2, -0.15) is 5.26 Å². The number of nitrogens with one attached hydrogen (secondary N) is 1. The molecule has 0 atom stereocenters. The third-order valence-corrected chi connectivity index (χ3v) is 5.57. The number of aryl methyl sites for hydroxylation is 2. The molecular formula is C19H14FN3OS. The highest BCUT2D eigenvalue weighted by Crippen LogP contribution is 2.33. The number of aromatic amines is 1. The van der Waals surface area contributed by atoms with Crippen molar-refractivity contribution in [2.24, 2.45) is 0 Å². The summed E-state index contributed by atoms with van der Waals surface area (Å²) in [5.41, 5.74) is 1.84. The summed E-state index contributed by atoms with van der Waals surface area (Å²) in [5.74, 6) is -0.0873. The molecule has 0 saturated heterocycles. The second-order valence-electron chi connectivity index (χ2n) is 6.03. The number of benzene rings is 1. The molecule has 0 spiro atoms. The summed E-state index contributed by atoms with van der Waals surface area (Å²) >= 11 is 1.55. The molecule has 3 aromatic rings. The summed E-state index contributed by atoms with van der Waals surface area (Å²) in [6, 6.07) is 7.88. The molecule has 0 radical (unpaired) electrons. The van der Waals surface area contributed by atoms with Gasteiger partial charge in [-0.05, 0) is 55.0 Å². The first-order valence-corrected chi connectivity index (χ1v) is 8.89. The minimum Gasteiger partial charge on any atom is -0.305 e. The average molecular weight is 351 g/mol. The zero-order chi connectivity index (χ0) is 17.4. The summed E-state index contributed by atoms with van der Waals surface area (Å²) in [6.45, 7) is 0. The predicted octanol–water partition coefficient (Wildman–Crippen LogP) is 4.07. The number of aromatic nitrogens is 2. The quantitative estimate of drug-likeness (QED) is 0.708. The topological polar surface area (TPSA) is 69.5 Å². The van der Waals surface area contributed by atoms with E-state index in [1.165, 1.54) is 17.0 Å². The van der Waals surface area contributed by atoms with Crippen LogP contribution in [0.15, 0.2) is 29.1 Å². The SMILES string of the molecule is N#C/C(=C\c1ccc(F)cc1)c1nc2sc3c(c2c(=O)[nH]1)CCCC3. The Kier molecular flexibility index (Phi) is 3.94. The number of fused-ring (bicyclic) bond motifs is 3. The van der Waals surface area contributed by atoms with E-state index in [1.807, 2.05) is 0 Å². The first-order valence-electron chi connectivity index (χ1n) is 8.08. The fraction of sp³-hybridized carbons (Fsp3) is 0.211. The van der Waals surface area contributed by atoms with Gasteiger partial charge in [0.15, 0.2) is 5.82 Å². The number of rotatable bonds is 2. The minimum absolute atomic E-state index is 0.195. The van der Waals surface area contributed by atoms with Crippen LogP contribution in [0.3, 0.4) is 0 Å². The first kappa shape index (κ1) is 15.7. The van der Waals surface area contributed by atoms with Gasteiger partial charge in [-0.3, -0.25) is 4.79 Å². The molecule has 0 unspecified atom stereocenters. The smallest absolute Gasteiger partial charge is 0.260 e. The summed E-state index contributed by atoms with van der Waals surface area (Å²) in [6.07, 6.45) is 5.72. The normalized spacial score (nSPS) is 14.3. The maximum atomic E-state index is 13.0. The van der Waals surface area contributed by atoms with Gasteiger partial charge in [0.05, 0.1) is 11.0 Å². The van der Waals surface area contributed by atoms with Crippen molar-refractivity contribution in [3.63, 3.8) is 0 Å². The molecule has 0 aliphatic heterocycles. The highest BCUT2D eigenvalue weighted by molar-refractivity contribution is 7.18. The van der Waals surface area contributed by atoms with E-state index in [-0.39, 0.29) is 22.8 Å². The van der Waals surface area contributed by atoms with E-state index in [1.54, 1.807) is 29.5 Å². The van der Waals surface area contributed by atoms with Gasteiger partial charge in [-0.15, -0.1) is 11.3 Å². The molecule has 1 aliphatic rings. The predicted molar refractivity (Wildman–Crippen MR) is 96.8 cm³/mol. The monoisotopic (exact) mass is 351 g/mol. The largest absolute Gasteiger partial charge is 0.305 e. The highest BCUT2D eigenvalue weighted by atomic mass is 32.1. The van der Waals surface area contributed by atoms with Gasteiger partial charge in [0.1, 0.15) is 16.7 Å². The number of hydrogen-bond donors (Lipinski definition) is 1. The molecule has 25 heavy (non-hydrogen) atoms. The lowest BCUT2D eigenvalue weighted by Crippen LogP contribution is -2.12. The third-order valence-electron chi connectivity index (χ3n) is 4.38. The molecule has 4 rings (SSSR count). The van der Waals surface area contributed by atoms with Crippen LogP contribution < -0.4 is 5.56 Å². The molecule has 2 heterocycles. The lowest BCUT2D eigenvalue weighted by atomic mass is 9.97. The number of nitriles is 1. The maximum Gasteiger partial charge on any atom is 0.260 e. The van der Waals surface area contributed by atoms with Gasteiger partial charge in [-0.1, -0.05) is 12.1 Å². The Morgan fingerprint density at radius 3 is 2.80 bits per heavy atom. The van der Waals surface area contributed by atoms with Crippen molar-refractivity contribution in [2.75, 3.05) is 0 Å². The van der Waals surface area contributed by atoms with Gasteiger partial charge >= 0.3 is 0 Å². The van der Waals surface area contributed by atoms with Crippen LogP contribution in [0.25, 0.3) is 21.9 Å². The number of nitrogens with zero attached hydrogens (tertiary/aromatic N) is 2. The second-order valence-corrected chi connectivity index (χ2v) is 7.11. The van der Waals surface area contributed by atoms with Crippen LogP contribution >= 0.6 is 11.3 Å². The molecule has 0 fully saturated rings. The average Bonchev–Trinajstić information content (AvgIpc) is 3.00. The fourth-order valence-corrected chi connectivity index (χ4v) is 4.43. The zero-order valence-corrected chi connectivity index (χ0v) is 14.1. The van der Waals surface area contributed by atoms with Crippen LogP contribution in [0.5, 0.6) is 0 Å². The maximum absolute atomic E-state index is 13.0. The summed E-state index contributed by atoms with van der Waals surface area (Å²) in [5, 5.41) is 10.1. The Hall–Kier alpha value is -2.78. The van der Waals surface area contributed by atoms with Crippen LogP contribution in [0.2, 0.25) is 0 Å². The third kappa shape index (κ3) is 2.87. The number of hydrogen-bond acceptors (Lipinski definition) is 4. The van der Waals surface area contributed by atoms with E-state index in [9.17, 15) is 14.4 Å². The van der Waals surface area contributed by atoms with E-state index in [4.69, 9.17) is 0 Å².